The second-order valence-corrected chi connectivity index (χ2v) is 4.76. The summed E-state index contributed by atoms with van der Waals surface area (Å²) in [4.78, 5) is 2.55. The van der Waals surface area contributed by atoms with Crippen molar-refractivity contribution in [1.82, 2.24) is 25.2 Å². The molecule has 2 rings (SSSR count). The number of hydrogen-bond donors (Lipinski definition) is 1. The molecule has 1 aliphatic rings. The van der Waals surface area contributed by atoms with Crippen LogP contribution in [0.15, 0.2) is 12.4 Å². The third kappa shape index (κ3) is 4.09. The van der Waals surface area contributed by atoms with Gasteiger partial charge in [-0.25, -0.2) is 0 Å². The highest BCUT2D eigenvalue weighted by molar-refractivity contribution is 4.80. The molecule has 0 aliphatic carbocycles. The van der Waals surface area contributed by atoms with Crippen LogP contribution in [0.3, 0.4) is 0 Å². The zero-order valence-corrected chi connectivity index (χ0v) is 10.7. The molecule has 1 saturated heterocycles. The van der Waals surface area contributed by atoms with Crippen LogP contribution in [0, 0.1) is 0 Å². The Morgan fingerprint density at radius 1 is 1.41 bits per heavy atom. The number of nitrogens with one attached hydrogen (secondary N) is 1. The lowest BCUT2D eigenvalue weighted by atomic mass is 10.2. The molecule has 1 aliphatic heterocycles. The monoisotopic (exact) mass is 237 g/mol. The van der Waals surface area contributed by atoms with Gasteiger partial charge < -0.3 is 10.2 Å². The summed E-state index contributed by atoms with van der Waals surface area (Å²) in [6.45, 7) is 7.96. The second kappa shape index (κ2) is 6.71. The maximum Gasteiger partial charge on any atom is 0.0692 e. The lowest BCUT2D eigenvalue weighted by molar-refractivity contribution is 0.312. The molecule has 0 bridgehead atoms. The molecule has 1 unspecified atom stereocenters. The van der Waals surface area contributed by atoms with Gasteiger partial charge in [0, 0.05) is 25.3 Å². The van der Waals surface area contributed by atoms with Crippen LogP contribution in [0.2, 0.25) is 0 Å². The second-order valence-electron chi connectivity index (χ2n) is 4.76. The number of likely N-dealkylation sites (tertiary alicyclic amines) is 1. The van der Waals surface area contributed by atoms with E-state index in [1.807, 2.05) is 10.9 Å². The van der Waals surface area contributed by atoms with Crippen LogP contribution in [0.5, 0.6) is 0 Å². The topological polar surface area (TPSA) is 46.0 Å². The quantitative estimate of drug-likeness (QED) is 0.760. The minimum Gasteiger partial charge on any atom is -0.313 e. The van der Waals surface area contributed by atoms with E-state index in [0.717, 1.165) is 19.5 Å². The molecular formula is C12H23N5. The number of nitrogens with zero attached hydrogens (tertiary/aromatic N) is 4. The van der Waals surface area contributed by atoms with E-state index in [-0.39, 0.29) is 0 Å². The molecular weight excluding hydrogens is 214 g/mol. The van der Waals surface area contributed by atoms with Crippen molar-refractivity contribution in [1.29, 1.82) is 0 Å². The fourth-order valence-corrected chi connectivity index (χ4v) is 2.36. The van der Waals surface area contributed by atoms with Crippen molar-refractivity contribution < 1.29 is 0 Å². The maximum atomic E-state index is 3.97. The lowest BCUT2D eigenvalue weighted by Crippen LogP contribution is -2.33. The van der Waals surface area contributed by atoms with Gasteiger partial charge in [-0.2, -0.15) is 0 Å². The third-order valence-corrected chi connectivity index (χ3v) is 3.29. The Labute approximate surface area is 103 Å². The minimum absolute atomic E-state index is 0.710. The van der Waals surface area contributed by atoms with E-state index in [4.69, 9.17) is 0 Å². The Bertz CT molecular complexity index is 298. The van der Waals surface area contributed by atoms with Gasteiger partial charge in [0.25, 0.3) is 0 Å². The molecule has 1 aromatic rings. The van der Waals surface area contributed by atoms with Crippen LogP contribution in [0.4, 0.5) is 0 Å². The SMILES string of the molecule is CCCNC1CCN(CCCn2ccnn2)C1. The molecule has 1 fully saturated rings. The van der Waals surface area contributed by atoms with Gasteiger partial charge in [0.2, 0.25) is 0 Å². The first-order valence-corrected chi connectivity index (χ1v) is 6.68. The first-order chi connectivity index (χ1) is 8.38. The molecule has 17 heavy (non-hydrogen) atoms. The highest BCUT2D eigenvalue weighted by Crippen LogP contribution is 2.09. The number of hydrogen-bond acceptors (Lipinski definition) is 4. The molecule has 5 heteroatoms. The van der Waals surface area contributed by atoms with Gasteiger partial charge >= 0.3 is 0 Å². The summed E-state index contributed by atoms with van der Waals surface area (Å²) in [5.41, 5.74) is 0. The number of aryl methyl sites for hydroxylation is 1. The predicted octanol–water partition coefficient (Wildman–Crippen LogP) is 0.742. The highest BCUT2D eigenvalue weighted by Gasteiger charge is 2.20. The van der Waals surface area contributed by atoms with E-state index >= 15 is 0 Å². The number of rotatable bonds is 7. The van der Waals surface area contributed by atoms with E-state index in [0.29, 0.717) is 6.04 Å². The maximum absolute atomic E-state index is 3.97. The Morgan fingerprint density at radius 3 is 3.12 bits per heavy atom. The Morgan fingerprint density at radius 2 is 2.35 bits per heavy atom. The predicted molar refractivity (Wildman–Crippen MR) is 67.8 cm³/mol. The van der Waals surface area contributed by atoms with Crippen molar-refractivity contribution in [3.63, 3.8) is 0 Å². The average Bonchev–Trinajstić information content (AvgIpc) is 2.98. The molecule has 0 spiro atoms. The number of aromatic nitrogens is 3. The first-order valence-electron chi connectivity index (χ1n) is 6.68. The summed E-state index contributed by atoms with van der Waals surface area (Å²) in [7, 11) is 0. The van der Waals surface area contributed by atoms with Gasteiger partial charge in [0.15, 0.2) is 0 Å². The Balaban J connectivity index is 1.58. The fraction of sp³-hybridized carbons (Fsp3) is 0.833. The van der Waals surface area contributed by atoms with Crippen molar-refractivity contribution in [2.45, 2.75) is 38.8 Å². The Kier molecular flexibility index (Phi) is 4.94. The van der Waals surface area contributed by atoms with Gasteiger partial charge in [-0.05, 0) is 38.9 Å². The average molecular weight is 237 g/mol. The summed E-state index contributed by atoms with van der Waals surface area (Å²) in [5.74, 6) is 0. The van der Waals surface area contributed by atoms with E-state index in [9.17, 15) is 0 Å². The van der Waals surface area contributed by atoms with Crippen molar-refractivity contribution in [2.75, 3.05) is 26.2 Å². The standard InChI is InChI=1S/C12H23N5/c1-2-5-13-12-4-9-16(11-12)7-3-8-17-10-6-14-15-17/h6,10,12-13H,2-5,7-9,11H2,1H3. The fourth-order valence-electron chi connectivity index (χ4n) is 2.36. The van der Waals surface area contributed by atoms with Crippen LogP contribution in [0.25, 0.3) is 0 Å². The van der Waals surface area contributed by atoms with E-state index in [2.05, 4.69) is 27.5 Å². The molecule has 0 aromatic carbocycles. The minimum atomic E-state index is 0.710. The van der Waals surface area contributed by atoms with E-state index < -0.39 is 0 Å². The zero-order valence-electron chi connectivity index (χ0n) is 10.7. The molecule has 1 atom stereocenters. The molecule has 0 amide bonds. The first kappa shape index (κ1) is 12.5. The van der Waals surface area contributed by atoms with Crippen molar-refractivity contribution in [3.8, 4) is 0 Å². The summed E-state index contributed by atoms with van der Waals surface area (Å²) in [5, 5.41) is 11.4. The highest BCUT2D eigenvalue weighted by atomic mass is 15.4. The summed E-state index contributed by atoms with van der Waals surface area (Å²) >= 11 is 0. The molecule has 0 saturated carbocycles. The van der Waals surface area contributed by atoms with Crippen LogP contribution in [-0.4, -0.2) is 52.1 Å². The molecule has 5 nitrogen and oxygen atoms in total. The molecule has 2 heterocycles. The van der Waals surface area contributed by atoms with Crippen LogP contribution in [0.1, 0.15) is 26.2 Å². The van der Waals surface area contributed by atoms with Crippen molar-refractivity contribution in [3.05, 3.63) is 12.4 Å². The van der Waals surface area contributed by atoms with Crippen LogP contribution >= 0.6 is 0 Å². The van der Waals surface area contributed by atoms with E-state index in [1.165, 1.54) is 32.5 Å². The largest absolute Gasteiger partial charge is 0.313 e. The Hall–Kier alpha value is -0.940. The summed E-state index contributed by atoms with van der Waals surface area (Å²) < 4.78 is 1.91. The van der Waals surface area contributed by atoms with Crippen LogP contribution < -0.4 is 5.32 Å². The van der Waals surface area contributed by atoms with Crippen LogP contribution in [-0.2, 0) is 6.54 Å². The van der Waals surface area contributed by atoms with Gasteiger partial charge in [-0.1, -0.05) is 12.1 Å². The van der Waals surface area contributed by atoms with Crippen molar-refractivity contribution >= 4 is 0 Å². The van der Waals surface area contributed by atoms with E-state index in [1.54, 1.807) is 6.20 Å². The summed E-state index contributed by atoms with van der Waals surface area (Å²) in [6.07, 6.45) is 7.34. The van der Waals surface area contributed by atoms with Gasteiger partial charge in [-0.15, -0.1) is 5.10 Å². The smallest absolute Gasteiger partial charge is 0.0692 e. The summed E-state index contributed by atoms with van der Waals surface area (Å²) in [6, 6.07) is 0.710. The van der Waals surface area contributed by atoms with Gasteiger partial charge in [0.05, 0.1) is 6.20 Å². The van der Waals surface area contributed by atoms with Gasteiger partial charge in [-0.3, -0.25) is 4.68 Å². The molecule has 1 N–H and O–H groups in total. The molecule has 0 radical (unpaired) electrons. The normalized spacial score (nSPS) is 21.1. The third-order valence-electron chi connectivity index (χ3n) is 3.29. The molecule has 96 valence electrons. The lowest BCUT2D eigenvalue weighted by Gasteiger charge is -2.16. The van der Waals surface area contributed by atoms with Crippen molar-refractivity contribution in [2.24, 2.45) is 0 Å². The zero-order chi connectivity index (χ0) is 11.9. The van der Waals surface area contributed by atoms with Gasteiger partial charge in [0.1, 0.15) is 0 Å². The molecule has 1 aromatic heterocycles.